The Morgan fingerprint density at radius 3 is 2.67 bits per heavy atom. The molecule has 0 unspecified atom stereocenters. The molecule has 0 spiro atoms. The van der Waals surface area contributed by atoms with Gasteiger partial charge in [0.05, 0.1) is 10.9 Å². The van der Waals surface area contributed by atoms with E-state index in [4.69, 9.17) is 19.1 Å². The van der Waals surface area contributed by atoms with Gasteiger partial charge in [0, 0.05) is 5.56 Å². The van der Waals surface area contributed by atoms with Crippen LogP contribution < -0.4 is 9.47 Å². The number of carboxylic acids is 1. The molecule has 1 aromatic heterocycles. The Balaban J connectivity index is 1.85. The van der Waals surface area contributed by atoms with E-state index in [1.165, 1.54) is 12.1 Å². The molecule has 2 heterocycles. The van der Waals surface area contributed by atoms with Gasteiger partial charge in [0.1, 0.15) is 5.69 Å². The van der Waals surface area contributed by atoms with Gasteiger partial charge in [0.2, 0.25) is 18.1 Å². The van der Waals surface area contributed by atoms with Crippen LogP contribution in [0.4, 0.5) is 0 Å². The smallest absolute Gasteiger partial charge is 0.335 e. The Kier molecular flexibility index (Phi) is 2.38. The SMILES string of the molecule is O=C(O)c1ccc(-c2noc3c4c(ccc23)OCO4)cc1. The van der Waals surface area contributed by atoms with Gasteiger partial charge in [0.15, 0.2) is 5.75 Å². The fourth-order valence-corrected chi connectivity index (χ4v) is 2.34. The Morgan fingerprint density at radius 2 is 1.90 bits per heavy atom. The summed E-state index contributed by atoms with van der Waals surface area (Å²) in [5, 5.41) is 13.8. The molecule has 21 heavy (non-hydrogen) atoms. The van der Waals surface area contributed by atoms with Crippen LogP contribution in [0.5, 0.6) is 11.5 Å². The van der Waals surface area contributed by atoms with Gasteiger partial charge in [-0.25, -0.2) is 4.79 Å². The second kappa shape index (κ2) is 4.24. The average molecular weight is 283 g/mol. The highest BCUT2D eigenvalue weighted by Gasteiger charge is 2.22. The summed E-state index contributed by atoms with van der Waals surface area (Å²) in [6.07, 6.45) is 0. The van der Waals surface area contributed by atoms with Crippen molar-refractivity contribution in [3.63, 3.8) is 0 Å². The molecule has 0 amide bonds. The molecule has 1 N–H and O–H groups in total. The standard InChI is InChI=1S/C15H9NO5/c17-15(18)9-3-1-8(2-4-9)12-10-5-6-11-14(20-7-19-11)13(10)21-16-12/h1-6H,7H2,(H,17,18). The molecule has 0 atom stereocenters. The van der Waals surface area contributed by atoms with Crippen molar-refractivity contribution in [3.05, 3.63) is 42.0 Å². The Labute approximate surface area is 118 Å². The second-order valence-electron chi connectivity index (χ2n) is 4.59. The molecule has 1 aliphatic rings. The van der Waals surface area contributed by atoms with Crippen LogP contribution in [0.1, 0.15) is 10.4 Å². The van der Waals surface area contributed by atoms with E-state index < -0.39 is 5.97 Å². The molecule has 104 valence electrons. The van der Waals surface area contributed by atoms with Crippen molar-refractivity contribution in [3.8, 4) is 22.8 Å². The molecule has 0 bridgehead atoms. The Hall–Kier alpha value is -3.02. The van der Waals surface area contributed by atoms with Crippen LogP contribution in [0, 0.1) is 0 Å². The first-order valence-corrected chi connectivity index (χ1v) is 6.26. The first-order valence-electron chi connectivity index (χ1n) is 6.26. The fraction of sp³-hybridized carbons (Fsp3) is 0.0667. The van der Waals surface area contributed by atoms with Crippen molar-refractivity contribution in [1.29, 1.82) is 0 Å². The van der Waals surface area contributed by atoms with Crippen LogP contribution in [0.25, 0.3) is 22.2 Å². The highest BCUT2D eigenvalue weighted by atomic mass is 16.7. The van der Waals surface area contributed by atoms with E-state index in [1.807, 2.05) is 6.07 Å². The van der Waals surface area contributed by atoms with Crippen LogP contribution in [-0.2, 0) is 0 Å². The van der Waals surface area contributed by atoms with Crippen molar-refractivity contribution < 1.29 is 23.9 Å². The zero-order valence-corrected chi connectivity index (χ0v) is 10.7. The number of hydrogen-bond donors (Lipinski definition) is 1. The van der Waals surface area contributed by atoms with E-state index in [0.717, 1.165) is 10.9 Å². The average Bonchev–Trinajstić information content (AvgIpc) is 3.13. The monoisotopic (exact) mass is 283 g/mol. The predicted octanol–water partition coefficient (Wildman–Crippen LogP) is 2.92. The van der Waals surface area contributed by atoms with E-state index in [0.29, 0.717) is 22.8 Å². The van der Waals surface area contributed by atoms with Crippen molar-refractivity contribution >= 4 is 16.9 Å². The van der Waals surface area contributed by atoms with Crippen LogP contribution in [0.2, 0.25) is 0 Å². The summed E-state index contributed by atoms with van der Waals surface area (Å²) in [6.45, 7) is 0.164. The predicted molar refractivity (Wildman–Crippen MR) is 72.5 cm³/mol. The minimum atomic E-state index is -0.963. The molecule has 0 saturated heterocycles. The number of carbonyl (C=O) groups is 1. The largest absolute Gasteiger partial charge is 0.478 e. The molecular formula is C15H9NO5. The van der Waals surface area contributed by atoms with E-state index in [2.05, 4.69) is 5.16 Å². The number of aromatic nitrogens is 1. The quantitative estimate of drug-likeness (QED) is 0.778. The lowest BCUT2D eigenvalue weighted by molar-refractivity contribution is 0.0697. The summed E-state index contributed by atoms with van der Waals surface area (Å²) in [7, 11) is 0. The van der Waals surface area contributed by atoms with Gasteiger partial charge in [-0.15, -0.1) is 0 Å². The van der Waals surface area contributed by atoms with E-state index in [-0.39, 0.29) is 12.4 Å². The van der Waals surface area contributed by atoms with Gasteiger partial charge in [-0.05, 0) is 24.3 Å². The van der Waals surface area contributed by atoms with Gasteiger partial charge in [-0.3, -0.25) is 0 Å². The summed E-state index contributed by atoms with van der Waals surface area (Å²) in [5.41, 5.74) is 2.17. The summed E-state index contributed by atoms with van der Waals surface area (Å²) in [6, 6.07) is 10.1. The van der Waals surface area contributed by atoms with Gasteiger partial charge in [-0.1, -0.05) is 17.3 Å². The molecule has 0 fully saturated rings. The molecule has 6 heteroatoms. The third-order valence-electron chi connectivity index (χ3n) is 3.38. The number of benzene rings is 2. The highest BCUT2D eigenvalue weighted by molar-refractivity contribution is 5.97. The zero-order valence-electron chi connectivity index (χ0n) is 10.7. The molecule has 0 aliphatic carbocycles. The third-order valence-corrected chi connectivity index (χ3v) is 3.38. The molecule has 0 saturated carbocycles. The maximum absolute atomic E-state index is 10.9. The zero-order chi connectivity index (χ0) is 14.4. The fourth-order valence-electron chi connectivity index (χ4n) is 2.34. The summed E-state index contributed by atoms with van der Waals surface area (Å²) in [5.74, 6) is 0.217. The topological polar surface area (TPSA) is 81.8 Å². The Bertz CT molecular complexity index is 850. The van der Waals surface area contributed by atoms with Crippen LogP contribution >= 0.6 is 0 Å². The van der Waals surface area contributed by atoms with Crippen molar-refractivity contribution in [2.45, 2.75) is 0 Å². The van der Waals surface area contributed by atoms with E-state index in [9.17, 15) is 4.79 Å². The maximum Gasteiger partial charge on any atom is 0.335 e. The van der Waals surface area contributed by atoms with Crippen LogP contribution in [-0.4, -0.2) is 23.0 Å². The number of carboxylic acid groups (broad SMARTS) is 1. The lowest BCUT2D eigenvalue weighted by atomic mass is 10.1. The lowest BCUT2D eigenvalue weighted by Gasteiger charge is -1.99. The third kappa shape index (κ3) is 1.73. The number of ether oxygens (including phenoxy) is 2. The summed E-state index contributed by atoms with van der Waals surface area (Å²) >= 11 is 0. The highest BCUT2D eigenvalue weighted by Crippen LogP contribution is 2.42. The molecule has 2 aromatic carbocycles. The molecule has 4 rings (SSSR count). The molecule has 0 radical (unpaired) electrons. The maximum atomic E-state index is 10.9. The normalized spacial score (nSPS) is 12.8. The molecule has 1 aliphatic heterocycles. The minimum absolute atomic E-state index is 0.164. The van der Waals surface area contributed by atoms with E-state index in [1.54, 1.807) is 18.2 Å². The minimum Gasteiger partial charge on any atom is -0.478 e. The van der Waals surface area contributed by atoms with Crippen molar-refractivity contribution in [2.24, 2.45) is 0 Å². The van der Waals surface area contributed by atoms with Crippen molar-refractivity contribution in [1.82, 2.24) is 5.16 Å². The van der Waals surface area contributed by atoms with Crippen molar-refractivity contribution in [2.75, 3.05) is 6.79 Å². The summed E-state index contributed by atoms with van der Waals surface area (Å²) in [4.78, 5) is 10.9. The van der Waals surface area contributed by atoms with Gasteiger partial charge in [-0.2, -0.15) is 0 Å². The van der Waals surface area contributed by atoms with Gasteiger partial charge in [0.25, 0.3) is 0 Å². The number of aromatic carboxylic acids is 1. The van der Waals surface area contributed by atoms with Gasteiger partial charge < -0.3 is 19.1 Å². The lowest BCUT2D eigenvalue weighted by Crippen LogP contribution is -1.94. The Morgan fingerprint density at radius 1 is 1.10 bits per heavy atom. The van der Waals surface area contributed by atoms with Crippen LogP contribution in [0.3, 0.4) is 0 Å². The molecular weight excluding hydrogens is 274 g/mol. The second-order valence-corrected chi connectivity index (χ2v) is 4.59. The van der Waals surface area contributed by atoms with Gasteiger partial charge >= 0.3 is 5.97 Å². The summed E-state index contributed by atoms with van der Waals surface area (Å²) < 4.78 is 16.0. The molecule has 6 nitrogen and oxygen atoms in total. The molecule has 3 aromatic rings. The van der Waals surface area contributed by atoms with E-state index >= 15 is 0 Å². The number of nitrogens with zero attached hydrogens (tertiary/aromatic N) is 1. The number of rotatable bonds is 2. The first kappa shape index (κ1) is 11.8. The van der Waals surface area contributed by atoms with Crippen LogP contribution in [0.15, 0.2) is 40.9 Å². The number of fused-ring (bicyclic) bond motifs is 3. The first-order chi connectivity index (χ1) is 10.2. The number of hydrogen-bond acceptors (Lipinski definition) is 5.